The maximum Gasteiger partial charge on any atom is 0.415 e. The topological polar surface area (TPSA) is 123 Å². The molecule has 0 aliphatic carbocycles. The number of alkyl carbamates (subject to hydrolysis) is 1. The van der Waals surface area contributed by atoms with Gasteiger partial charge in [-0.3, -0.25) is 14.5 Å². The van der Waals surface area contributed by atoms with Crippen molar-refractivity contribution in [3.63, 3.8) is 0 Å². The summed E-state index contributed by atoms with van der Waals surface area (Å²) in [5.74, 6) is -1.54. The van der Waals surface area contributed by atoms with Crippen molar-refractivity contribution < 1.29 is 33.4 Å². The molecule has 0 radical (unpaired) electrons. The first-order valence-electron chi connectivity index (χ1n) is 12.8. The third kappa shape index (κ3) is 8.46. The second kappa shape index (κ2) is 11.8. The van der Waals surface area contributed by atoms with E-state index in [1.54, 1.807) is 97.0 Å². The van der Waals surface area contributed by atoms with Gasteiger partial charge in [0.1, 0.15) is 11.2 Å². The van der Waals surface area contributed by atoms with Crippen LogP contribution >= 0.6 is 0 Å². The number of amides is 3. The van der Waals surface area contributed by atoms with E-state index in [1.807, 2.05) is 0 Å². The smallest absolute Gasteiger partial charge is 0.415 e. The van der Waals surface area contributed by atoms with Crippen molar-refractivity contribution in [1.82, 2.24) is 5.32 Å². The largest absolute Gasteiger partial charge is 0.460 e. The molecule has 0 saturated carbocycles. The molecule has 2 aromatic carbocycles. The molecule has 1 fully saturated rings. The van der Waals surface area contributed by atoms with E-state index in [0.717, 1.165) is 5.56 Å². The molecule has 3 rings (SSSR count). The van der Waals surface area contributed by atoms with Crippen LogP contribution in [0.15, 0.2) is 48.5 Å². The molecule has 3 amide bonds. The van der Waals surface area contributed by atoms with Crippen LogP contribution in [0.3, 0.4) is 0 Å². The first kappa shape index (κ1) is 29.5. The van der Waals surface area contributed by atoms with Crippen molar-refractivity contribution in [1.29, 1.82) is 0 Å². The van der Waals surface area contributed by atoms with Gasteiger partial charge < -0.3 is 24.8 Å². The fourth-order valence-corrected chi connectivity index (χ4v) is 3.81. The zero-order chi connectivity index (χ0) is 29.0. The molecular weight excluding hydrogens is 502 g/mol. The minimum Gasteiger partial charge on any atom is -0.460 e. The number of para-hydroxylation sites is 1. The number of rotatable bonds is 7. The Labute approximate surface area is 229 Å². The van der Waals surface area contributed by atoms with Crippen LogP contribution in [-0.2, 0) is 30.3 Å². The number of ether oxygens (including phenoxy) is 3. The Hall–Kier alpha value is -4.08. The zero-order valence-electron chi connectivity index (χ0n) is 23.5. The Bertz CT molecular complexity index is 1210. The number of esters is 1. The van der Waals surface area contributed by atoms with Gasteiger partial charge in [-0.25, -0.2) is 9.59 Å². The van der Waals surface area contributed by atoms with Crippen LogP contribution < -0.4 is 15.5 Å². The molecular formula is C29H37N3O7. The molecule has 2 atom stereocenters. The van der Waals surface area contributed by atoms with Crippen LogP contribution in [0.1, 0.15) is 65.5 Å². The predicted molar refractivity (Wildman–Crippen MR) is 146 cm³/mol. The number of hydrogen-bond donors (Lipinski definition) is 2. The highest BCUT2D eigenvalue weighted by Gasteiger charge is 2.37. The number of benzene rings is 2. The molecule has 2 N–H and O–H groups in total. The number of nitrogens with one attached hydrogen (secondary N) is 2. The average Bonchev–Trinajstić information content (AvgIpc) is 3.22. The Morgan fingerprint density at radius 1 is 0.974 bits per heavy atom. The third-order valence-electron chi connectivity index (χ3n) is 5.63. The van der Waals surface area contributed by atoms with Crippen LogP contribution in [0.25, 0.3) is 0 Å². The first-order chi connectivity index (χ1) is 18.1. The van der Waals surface area contributed by atoms with Gasteiger partial charge >= 0.3 is 18.2 Å². The van der Waals surface area contributed by atoms with Gasteiger partial charge in [-0.2, -0.15) is 0 Å². The molecule has 210 valence electrons. The summed E-state index contributed by atoms with van der Waals surface area (Å²) in [5.41, 5.74) is 1.16. The first-order valence-corrected chi connectivity index (χ1v) is 12.8. The predicted octanol–water partition coefficient (Wildman–Crippen LogP) is 5.12. The van der Waals surface area contributed by atoms with Crippen molar-refractivity contribution in [2.24, 2.45) is 0 Å². The molecule has 1 saturated heterocycles. The van der Waals surface area contributed by atoms with Crippen molar-refractivity contribution in [2.75, 3.05) is 16.8 Å². The molecule has 10 nitrogen and oxygen atoms in total. The van der Waals surface area contributed by atoms with E-state index in [-0.39, 0.29) is 13.1 Å². The van der Waals surface area contributed by atoms with E-state index in [0.29, 0.717) is 16.9 Å². The lowest BCUT2D eigenvalue weighted by Crippen LogP contribution is -2.33. The number of carbonyl (C=O) groups is 4. The highest BCUT2D eigenvalue weighted by atomic mass is 16.6. The summed E-state index contributed by atoms with van der Waals surface area (Å²) < 4.78 is 16.1. The normalized spacial score (nSPS) is 16.2. The second-order valence-corrected chi connectivity index (χ2v) is 11.3. The van der Waals surface area contributed by atoms with E-state index in [1.165, 1.54) is 4.90 Å². The lowest BCUT2D eigenvalue weighted by Gasteiger charge is -2.23. The van der Waals surface area contributed by atoms with Gasteiger partial charge in [0.15, 0.2) is 6.10 Å². The van der Waals surface area contributed by atoms with Gasteiger partial charge in [0, 0.05) is 17.9 Å². The van der Waals surface area contributed by atoms with Gasteiger partial charge in [0.2, 0.25) is 0 Å². The third-order valence-corrected chi connectivity index (χ3v) is 5.63. The number of hydrogen-bond acceptors (Lipinski definition) is 7. The van der Waals surface area contributed by atoms with Crippen molar-refractivity contribution in [3.8, 4) is 0 Å². The Balaban J connectivity index is 1.62. The summed E-state index contributed by atoms with van der Waals surface area (Å²) in [6.07, 6.45) is -2.22. The van der Waals surface area contributed by atoms with E-state index >= 15 is 0 Å². The molecule has 39 heavy (non-hydrogen) atoms. The summed E-state index contributed by atoms with van der Waals surface area (Å²) in [6, 6.07) is 13.9. The highest BCUT2D eigenvalue weighted by molar-refractivity contribution is 6.01. The Morgan fingerprint density at radius 3 is 2.21 bits per heavy atom. The van der Waals surface area contributed by atoms with Crippen molar-refractivity contribution in [3.05, 3.63) is 59.7 Å². The van der Waals surface area contributed by atoms with E-state index in [2.05, 4.69) is 10.6 Å². The Kier molecular flexibility index (Phi) is 8.88. The summed E-state index contributed by atoms with van der Waals surface area (Å²) >= 11 is 0. The van der Waals surface area contributed by atoms with Crippen LogP contribution in [0.4, 0.5) is 21.0 Å². The maximum absolute atomic E-state index is 13.0. The van der Waals surface area contributed by atoms with E-state index < -0.39 is 47.3 Å². The standard InChI is InChI=1S/C29H37N3O7/c1-18(25(34)38-28(2,3)4)21-10-8-9-11-22(21)31-24(33)23-17-32(27(36)37-23)20-14-12-19(13-15-20)16-30-26(35)39-29(5,6)7/h8-15,18,23H,16-17H2,1-7H3,(H,30,35)(H,31,33)/t18-,23?/m1/s1. The van der Waals surface area contributed by atoms with Crippen molar-refractivity contribution >= 4 is 35.4 Å². The molecule has 0 bridgehead atoms. The molecule has 1 unspecified atom stereocenters. The number of carbonyl (C=O) groups excluding carboxylic acids is 4. The minimum absolute atomic E-state index is 0.0178. The molecule has 1 heterocycles. The van der Waals surface area contributed by atoms with E-state index in [9.17, 15) is 19.2 Å². The number of nitrogens with zero attached hydrogens (tertiary/aromatic N) is 1. The summed E-state index contributed by atoms with van der Waals surface area (Å²) in [6.45, 7) is 12.7. The fourth-order valence-electron chi connectivity index (χ4n) is 3.81. The van der Waals surface area contributed by atoms with Gasteiger partial charge in [0.25, 0.3) is 5.91 Å². The van der Waals surface area contributed by atoms with E-state index in [4.69, 9.17) is 14.2 Å². The molecule has 1 aliphatic heterocycles. The zero-order valence-corrected chi connectivity index (χ0v) is 23.5. The van der Waals surface area contributed by atoms with Gasteiger partial charge in [-0.1, -0.05) is 30.3 Å². The highest BCUT2D eigenvalue weighted by Crippen LogP contribution is 2.28. The molecule has 10 heteroatoms. The summed E-state index contributed by atoms with van der Waals surface area (Å²) in [5, 5.41) is 5.47. The second-order valence-electron chi connectivity index (χ2n) is 11.3. The molecule has 2 aromatic rings. The lowest BCUT2D eigenvalue weighted by molar-refractivity contribution is -0.156. The van der Waals surface area contributed by atoms with Gasteiger partial charge in [-0.05, 0) is 77.8 Å². The maximum atomic E-state index is 13.0. The number of cyclic esters (lactones) is 1. The van der Waals surface area contributed by atoms with Crippen LogP contribution in [0, 0.1) is 0 Å². The van der Waals surface area contributed by atoms with Crippen LogP contribution in [0.2, 0.25) is 0 Å². The molecule has 0 aromatic heterocycles. The molecule has 0 spiro atoms. The minimum atomic E-state index is -1.05. The van der Waals surface area contributed by atoms with Crippen LogP contribution in [-0.4, -0.2) is 47.9 Å². The summed E-state index contributed by atoms with van der Waals surface area (Å²) in [7, 11) is 0. The van der Waals surface area contributed by atoms with Crippen molar-refractivity contribution in [2.45, 2.75) is 78.2 Å². The SMILES string of the molecule is C[C@@H](C(=O)OC(C)(C)C)c1ccccc1NC(=O)C1CN(c2ccc(CNC(=O)OC(C)(C)C)cc2)C(=O)O1. The number of anilines is 2. The monoisotopic (exact) mass is 539 g/mol. The lowest BCUT2D eigenvalue weighted by atomic mass is 9.98. The fraction of sp³-hybridized carbons (Fsp3) is 0.448. The summed E-state index contributed by atoms with van der Waals surface area (Å²) in [4.78, 5) is 51.4. The molecule has 1 aliphatic rings. The Morgan fingerprint density at radius 2 is 1.59 bits per heavy atom. The average molecular weight is 540 g/mol. The van der Waals surface area contributed by atoms with Gasteiger partial charge in [-0.15, -0.1) is 0 Å². The van der Waals surface area contributed by atoms with Gasteiger partial charge in [0.05, 0.1) is 12.5 Å². The quantitative estimate of drug-likeness (QED) is 0.370. The van der Waals surface area contributed by atoms with Crippen LogP contribution in [0.5, 0.6) is 0 Å².